The highest BCUT2D eigenvalue weighted by atomic mass is 16.3. The molecular weight excluding hydrogens is 434 g/mol. The average molecular weight is 472 g/mol. The number of aryl methyl sites for hydroxylation is 3. The van der Waals surface area contributed by atoms with Crippen molar-refractivity contribution in [1.82, 2.24) is 24.6 Å². The van der Waals surface area contributed by atoms with Crippen molar-refractivity contribution in [3.05, 3.63) is 39.8 Å². The van der Waals surface area contributed by atoms with Crippen LogP contribution in [0.25, 0.3) is 22.4 Å². The van der Waals surface area contributed by atoms with Crippen molar-refractivity contribution in [2.24, 2.45) is 17.8 Å². The molecule has 0 aliphatic heterocycles. The third-order valence-corrected chi connectivity index (χ3v) is 5.00. The van der Waals surface area contributed by atoms with Gasteiger partial charge in [-0.25, -0.2) is 9.98 Å². The predicted octanol–water partition coefficient (Wildman–Crippen LogP) is 2.37. The normalized spacial score (nSPS) is 12.5. The standard InChI is InChI=1S/C19H25N7O3.C3H6.C2H6/c1-11-4-5-13(21-19(20)26(6-8-27)7-9-28)10-14(11)17-22-15-12(2)24-25(3)16(15)18(29)23-17;1-2-3-1;1-2/h4-5,10,27-28H,6-9H2,1-3H3,(H2,20,21)(H,22,23,29);1-3H2;1-2H3. The summed E-state index contributed by atoms with van der Waals surface area (Å²) in [5.74, 6) is 0.609. The van der Waals surface area contributed by atoms with Crippen molar-refractivity contribution in [3.8, 4) is 11.4 Å². The van der Waals surface area contributed by atoms with Crippen LogP contribution in [0.1, 0.15) is 44.4 Å². The third-order valence-electron chi connectivity index (χ3n) is 5.00. The largest absolute Gasteiger partial charge is 0.395 e. The number of guanidine groups is 1. The molecule has 1 fully saturated rings. The number of aliphatic imine (C=N–C) groups is 1. The predicted molar refractivity (Wildman–Crippen MR) is 136 cm³/mol. The molecule has 4 rings (SSSR count). The highest BCUT2D eigenvalue weighted by Gasteiger charge is 2.15. The summed E-state index contributed by atoms with van der Waals surface area (Å²) in [6.45, 7) is 8.04. The van der Waals surface area contributed by atoms with Gasteiger partial charge in [-0.15, -0.1) is 0 Å². The van der Waals surface area contributed by atoms with Gasteiger partial charge in [0.15, 0.2) is 11.5 Å². The summed E-state index contributed by atoms with van der Waals surface area (Å²) in [4.78, 5) is 26.0. The van der Waals surface area contributed by atoms with Crippen LogP contribution in [0.5, 0.6) is 0 Å². The number of hydrogen-bond acceptors (Lipinski definition) is 6. The van der Waals surface area contributed by atoms with E-state index in [0.29, 0.717) is 28.2 Å². The topological polar surface area (TPSA) is 146 Å². The molecule has 3 aromatic rings. The molecule has 10 heteroatoms. The molecule has 2 heterocycles. The minimum Gasteiger partial charge on any atom is -0.395 e. The number of fused-ring (bicyclic) bond motifs is 1. The second kappa shape index (κ2) is 12.9. The molecule has 0 atom stereocenters. The van der Waals surface area contributed by atoms with Gasteiger partial charge >= 0.3 is 0 Å². The van der Waals surface area contributed by atoms with Crippen LogP contribution in [-0.2, 0) is 7.05 Å². The molecule has 1 aliphatic carbocycles. The summed E-state index contributed by atoms with van der Waals surface area (Å²) in [6.07, 6.45) is 4.50. The van der Waals surface area contributed by atoms with Crippen LogP contribution in [0.2, 0.25) is 0 Å². The summed E-state index contributed by atoms with van der Waals surface area (Å²) >= 11 is 0. The van der Waals surface area contributed by atoms with E-state index < -0.39 is 0 Å². The molecule has 0 radical (unpaired) electrons. The number of aliphatic hydroxyl groups is 2. The Morgan fingerprint density at radius 2 is 1.79 bits per heavy atom. The summed E-state index contributed by atoms with van der Waals surface area (Å²) < 4.78 is 1.52. The second-order valence-corrected chi connectivity index (χ2v) is 7.78. The van der Waals surface area contributed by atoms with Crippen LogP contribution in [0.4, 0.5) is 5.69 Å². The van der Waals surface area contributed by atoms with Crippen molar-refractivity contribution in [2.75, 3.05) is 26.3 Å². The maximum atomic E-state index is 12.6. The number of nitrogens with one attached hydrogen (secondary N) is 1. The molecular formula is C24H37N7O3. The molecule has 0 saturated heterocycles. The smallest absolute Gasteiger partial charge is 0.277 e. The number of aliphatic hydroxyl groups excluding tert-OH is 2. The maximum Gasteiger partial charge on any atom is 0.277 e. The van der Waals surface area contributed by atoms with E-state index in [9.17, 15) is 4.79 Å². The van der Waals surface area contributed by atoms with Crippen LogP contribution in [0, 0.1) is 13.8 Å². The van der Waals surface area contributed by atoms with Crippen LogP contribution in [0.15, 0.2) is 28.0 Å². The number of nitrogens with two attached hydrogens (primary N) is 1. The van der Waals surface area contributed by atoms with E-state index >= 15 is 0 Å². The fourth-order valence-corrected chi connectivity index (χ4v) is 3.19. The second-order valence-electron chi connectivity index (χ2n) is 7.78. The first kappa shape index (κ1) is 27.0. The minimum atomic E-state index is -0.266. The van der Waals surface area contributed by atoms with Crippen molar-refractivity contribution in [3.63, 3.8) is 0 Å². The summed E-state index contributed by atoms with van der Waals surface area (Å²) in [5, 5.41) is 22.6. The third kappa shape index (κ3) is 6.88. The quantitative estimate of drug-likeness (QED) is 0.319. The Hall–Kier alpha value is -3.24. The Bertz CT molecular complexity index is 1160. The highest BCUT2D eigenvalue weighted by Crippen LogP contribution is 2.26. The zero-order valence-corrected chi connectivity index (χ0v) is 20.8. The molecule has 1 aliphatic rings. The molecule has 0 spiro atoms. The van der Waals surface area contributed by atoms with E-state index in [1.807, 2.05) is 33.8 Å². The first-order chi connectivity index (χ1) is 16.3. The number of hydrogen-bond donors (Lipinski definition) is 4. The van der Waals surface area contributed by atoms with Gasteiger partial charge in [-0.1, -0.05) is 39.2 Å². The van der Waals surface area contributed by atoms with Crippen molar-refractivity contribution in [1.29, 1.82) is 0 Å². The fourth-order valence-electron chi connectivity index (χ4n) is 3.19. The van der Waals surface area contributed by atoms with Gasteiger partial charge in [-0.2, -0.15) is 5.10 Å². The van der Waals surface area contributed by atoms with Crippen LogP contribution in [-0.4, -0.2) is 67.1 Å². The Labute approximate surface area is 200 Å². The minimum absolute atomic E-state index is 0.106. The number of rotatable bonds is 6. The molecule has 2 aromatic heterocycles. The number of aromatic amines is 1. The zero-order valence-electron chi connectivity index (χ0n) is 20.8. The van der Waals surface area contributed by atoms with E-state index in [1.165, 1.54) is 23.9 Å². The molecule has 0 amide bonds. The highest BCUT2D eigenvalue weighted by molar-refractivity contribution is 5.82. The monoisotopic (exact) mass is 471 g/mol. The van der Waals surface area contributed by atoms with E-state index in [-0.39, 0.29) is 37.8 Å². The first-order valence-electron chi connectivity index (χ1n) is 11.7. The van der Waals surface area contributed by atoms with E-state index in [2.05, 4.69) is 20.1 Å². The molecule has 1 aromatic carbocycles. The Morgan fingerprint density at radius 3 is 2.35 bits per heavy atom. The van der Waals surface area contributed by atoms with Gasteiger partial charge < -0.3 is 25.8 Å². The summed E-state index contributed by atoms with van der Waals surface area (Å²) in [6, 6.07) is 5.45. The zero-order chi connectivity index (χ0) is 25.3. The number of nitrogens with zero attached hydrogens (tertiary/aromatic N) is 5. The number of benzene rings is 1. The van der Waals surface area contributed by atoms with E-state index in [1.54, 1.807) is 24.1 Å². The van der Waals surface area contributed by atoms with Crippen molar-refractivity contribution >= 4 is 22.7 Å². The van der Waals surface area contributed by atoms with Crippen molar-refractivity contribution in [2.45, 2.75) is 47.0 Å². The maximum absolute atomic E-state index is 12.6. The molecule has 0 unspecified atom stereocenters. The lowest BCUT2D eigenvalue weighted by Gasteiger charge is -2.21. The molecule has 34 heavy (non-hydrogen) atoms. The van der Waals surface area contributed by atoms with Gasteiger partial charge in [0, 0.05) is 25.7 Å². The van der Waals surface area contributed by atoms with Gasteiger partial charge in [-0.3, -0.25) is 9.48 Å². The molecule has 5 N–H and O–H groups in total. The first-order valence-corrected chi connectivity index (χ1v) is 11.7. The Kier molecular flexibility index (Phi) is 10.2. The lowest BCUT2D eigenvalue weighted by Crippen LogP contribution is -2.40. The lowest BCUT2D eigenvalue weighted by atomic mass is 10.1. The van der Waals surface area contributed by atoms with Gasteiger partial charge in [0.2, 0.25) is 0 Å². The van der Waals surface area contributed by atoms with Gasteiger partial charge in [0.05, 0.1) is 24.6 Å². The molecule has 10 nitrogen and oxygen atoms in total. The number of aromatic nitrogens is 4. The number of H-pyrrole nitrogens is 1. The molecule has 0 bridgehead atoms. The molecule has 1 saturated carbocycles. The van der Waals surface area contributed by atoms with Gasteiger partial charge in [-0.05, 0) is 31.5 Å². The SMILES string of the molecule is C1CC1.CC.Cc1ccc(N=C(N)N(CCO)CCO)cc1-c1nc2c(C)nn(C)c2c(=O)[nH]1. The van der Waals surface area contributed by atoms with Crippen LogP contribution >= 0.6 is 0 Å². The lowest BCUT2D eigenvalue weighted by molar-refractivity contribution is 0.211. The van der Waals surface area contributed by atoms with E-state index in [0.717, 1.165) is 11.1 Å². The van der Waals surface area contributed by atoms with Gasteiger partial charge in [0.1, 0.15) is 11.3 Å². The Balaban J connectivity index is 0.000000738. The van der Waals surface area contributed by atoms with Crippen LogP contribution in [0.3, 0.4) is 0 Å². The van der Waals surface area contributed by atoms with Gasteiger partial charge in [0.25, 0.3) is 5.56 Å². The summed E-state index contributed by atoms with van der Waals surface area (Å²) in [7, 11) is 1.71. The van der Waals surface area contributed by atoms with Crippen molar-refractivity contribution < 1.29 is 10.2 Å². The van der Waals surface area contributed by atoms with Crippen LogP contribution < -0.4 is 11.3 Å². The molecule has 186 valence electrons. The summed E-state index contributed by atoms with van der Waals surface area (Å²) in [5.41, 5.74) is 9.62. The average Bonchev–Trinajstić information content (AvgIpc) is 3.67. The Morgan fingerprint density at radius 1 is 1.18 bits per heavy atom. The van der Waals surface area contributed by atoms with E-state index in [4.69, 9.17) is 15.9 Å². The fraction of sp³-hybridized carbons (Fsp3) is 0.500.